The predicted molar refractivity (Wildman–Crippen MR) is 130 cm³/mol. The van der Waals surface area contributed by atoms with Gasteiger partial charge in [-0.15, -0.1) is 24.0 Å². The zero-order valence-corrected chi connectivity index (χ0v) is 20.9. The van der Waals surface area contributed by atoms with E-state index in [1.54, 1.807) is 7.11 Å². The molecule has 6 nitrogen and oxygen atoms in total. The van der Waals surface area contributed by atoms with Gasteiger partial charge in [0.05, 0.1) is 26.4 Å². The van der Waals surface area contributed by atoms with Gasteiger partial charge in [0.1, 0.15) is 12.4 Å². The summed E-state index contributed by atoms with van der Waals surface area (Å²) in [5.41, 5.74) is 1.30. The standard InChI is InChI=1S/C22H37N3O3.HI/c1-22(2,3)19-8-6-7-9-20(19)28-13-11-24-21(23-4)25-12-10-18(16-25)17-27-15-14-26-5;/h6-9,18H,10-17H2,1-5H3,(H,23,24);1H. The predicted octanol–water partition coefficient (Wildman–Crippen LogP) is 3.54. The first kappa shape index (κ1) is 26.0. The molecular weight excluding hydrogens is 481 g/mol. The van der Waals surface area contributed by atoms with Crippen LogP contribution in [0.3, 0.4) is 0 Å². The summed E-state index contributed by atoms with van der Waals surface area (Å²) < 4.78 is 16.7. The molecule has 1 aliphatic heterocycles. The number of benzene rings is 1. The Kier molecular flexibility index (Phi) is 11.9. The third-order valence-electron chi connectivity index (χ3n) is 4.92. The Morgan fingerprint density at radius 2 is 1.97 bits per heavy atom. The third-order valence-corrected chi connectivity index (χ3v) is 4.92. The van der Waals surface area contributed by atoms with Crippen molar-refractivity contribution in [2.75, 3.05) is 60.2 Å². The molecule has 1 N–H and O–H groups in total. The first-order valence-corrected chi connectivity index (χ1v) is 10.2. The van der Waals surface area contributed by atoms with Crippen molar-refractivity contribution in [2.45, 2.75) is 32.6 Å². The second-order valence-electron chi connectivity index (χ2n) is 8.24. The van der Waals surface area contributed by atoms with Crippen molar-refractivity contribution in [2.24, 2.45) is 10.9 Å². The van der Waals surface area contributed by atoms with Crippen LogP contribution in [0.5, 0.6) is 5.75 Å². The second kappa shape index (κ2) is 13.3. The molecule has 0 aromatic heterocycles. The van der Waals surface area contributed by atoms with Crippen molar-refractivity contribution in [3.63, 3.8) is 0 Å². The van der Waals surface area contributed by atoms with Gasteiger partial charge in [0.25, 0.3) is 0 Å². The van der Waals surface area contributed by atoms with E-state index in [4.69, 9.17) is 14.2 Å². The first-order chi connectivity index (χ1) is 13.5. The SMILES string of the molecule is CN=C(NCCOc1ccccc1C(C)(C)C)N1CCC(COCCOC)C1.I. The lowest BCUT2D eigenvalue weighted by Gasteiger charge is -2.24. The van der Waals surface area contributed by atoms with Gasteiger partial charge in [-0.05, 0) is 23.5 Å². The van der Waals surface area contributed by atoms with Gasteiger partial charge in [-0.2, -0.15) is 0 Å². The molecule has 0 radical (unpaired) electrons. The molecule has 1 saturated heterocycles. The Morgan fingerprint density at radius 1 is 1.21 bits per heavy atom. The van der Waals surface area contributed by atoms with Gasteiger partial charge in [-0.1, -0.05) is 39.0 Å². The molecule has 1 unspecified atom stereocenters. The molecule has 0 saturated carbocycles. The molecule has 29 heavy (non-hydrogen) atoms. The number of methoxy groups -OCH3 is 1. The molecule has 1 heterocycles. The van der Waals surface area contributed by atoms with E-state index in [-0.39, 0.29) is 29.4 Å². The van der Waals surface area contributed by atoms with Gasteiger partial charge >= 0.3 is 0 Å². The number of rotatable bonds is 9. The Morgan fingerprint density at radius 3 is 2.66 bits per heavy atom. The lowest BCUT2D eigenvalue weighted by Crippen LogP contribution is -2.41. The molecule has 1 fully saturated rings. The Bertz CT molecular complexity index is 620. The Balaban J connectivity index is 0.00000420. The number of likely N-dealkylation sites (tertiary alicyclic amines) is 1. The minimum Gasteiger partial charge on any atom is -0.491 e. The number of halogens is 1. The molecule has 0 amide bonds. The van der Waals surface area contributed by atoms with E-state index in [1.165, 1.54) is 5.56 Å². The van der Waals surface area contributed by atoms with E-state index < -0.39 is 0 Å². The number of aliphatic imine (C=N–C) groups is 1. The normalized spacial score (nSPS) is 17.2. The van der Waals surface area contributed by atoms with E-state index in [0.29, 0.717) is 25.7 Å². The maximum Gasteiger partial charge on any atom is 0.193 e. The fourth-order valence-electron chi connectivity index (χ4n) is 3.42. The molecule has 166 valence electrons. The molecule has 0 bridgehead atoms. The average Bonchev–Trinajstić information content (AvgIpc) is 3.13. The number of para-hydroxylation sites is 1. The number of nitrogens with one attached hydrogen (secondary N) is 1. The zero-order chi connectivity index (χ0) is 20.4. The Labute approximate surface area is 193 Å². The number of hydrogen-bond acceptors (Lipinski definition) is 4. The maximum atomic E-state index is 6.05. The van der Waals surface area contributed by atoms with E-state index >= 15 is 0 Å². The van der Waals surface area contributed by atoms with Crippen molar-refractivity contribution in [1.29, 1.82) is 0 Å². The lowest BCUT2D eigenvalue weighted by molar-refractivity contribution is 0.0536. The highest BCUT2D eigenvalue weighted by molar-refractivity contribution is 14.0. The summed E-state index contributed by atoms with van der Waals surface area (Å²) in [5, 5.41) is 3.43. The summed E-state index contributed by atoms with van der Waals surface area (Å²) in [6, 6.07) is 8.27. The fraction of sp³-hybridized carbons (Fsp3) is 0.682. The third kappa shape index (κ3) is 8.68. The van der Waals surface area contributed by atoms with Crippen molar-refractivity contribution in [3.8, 4) is 5.75 Å². The molecule has 0 aliphatic carbocycles. The highest BCUT2D eigenvalue weighted by atomic mass is 127. The van der Waals surface area contributed by atoms with Gasteiger partial charge in [-0.3, -0.25) is 4.99 Å². The summed E-state index contributed by atoms with van der Waals surface area (Å²) in [6.07, 6.45) is 1.13. The quantitative estimate of drug-likeness (QED) is 0.234. The van der Waals surface area contributed by atoms with Crippen molar-refractivity contribution < 1.29 is 14.2 Å². The van der Waals surface area contributed by atoms with Crippen molar-refractivity contribution in [1.82, 2.24) is 10.2 Å². The van der Waals surface area contributed by atoms with Crippen LogP contribution >= 0.6 is 24.0 Å². The van der Waals surface area contributed by atoms with Gasteiger partial charge in [0, 0.05) is 33.2 Å². The van der Waals surface area contributed by atoms with Crippen LogP contribution in [-0.4, -0.2) is 71.1 Å². The molecule has 1 aromatic rings. The van der Waals surface area contributed by atoms with Crippen LogP contribution in [0, 0.1) is 5.92 Å². The Hall–Kier alpha value is -1.06. The van der Waals surface area contributed by atoms with Gasteiger partial charge in [-0.25, -0.2) is 0 Å². The maximum absolute atomic E-state index is 6.05. The van der Waals surface area contributed by atoms with Crippen molar-refractivity contribution in [3.05, 3.63) is 29.8 Å². The van der Waals surface area contributed by atoms with Crippen LogP contribution in [-0.2, 0) is 14.9 Å². The molecular formula is C22H38IN3O3. The molecule has 1 atom stereocenters. The average molecular weight is 519 g/mol. The summed E-state index contributed by atoms with van der Waals surface area (Å²) >= 11 is 0. The minimum atomic E-state index is 0. The van der Waals surface area contributed by atoms with Gasteiger partial charge in [0.2, 0.25) is 0 Å². The van der Waals surface area contributed by atoms with Gasteiger partial charge in [0.15, 0.2) is 5.96 Å². The molecule has 1 aliphatic rings. The number of nitrogens with zero attached hydrogens (tertiary/aromatic N) is 2. The van der Waals surface area contributed by atoms with E-state index in [2.05, 4.69) is 48.1 Å². The van der Waals surface area contributed by atoms with Crippen LogP contribution in [0.25, 0.3) is 0 Å². The fourth-order valence-corrected chi connectivity index (χ4v) is 3.42. The monoisotopic (exact) mass is 519 g/mol. The van der Waals surface area contributed by atoms with Crippen molar-refractivity contribution >= 4 is 29.9 Å². The molecule has 0 spiro atoms. The zero-order valence-electron chi connectivity index (χ0n) is 18.6. The first-order valence-electron chi connectivity index (χ1n) is 10.2. The number of hydrogen-bond donors (Lipinski definition) is 1. The summed E-state index contributed by atoms with van der Waals surface area (Å²) in [6.45, 7) is 12.0. The van der Waals surface area contributed by atoms with E-state index in [0.717, 1.165) is 44.4 Å². The summed E-state index contributed by atoms with van der Waals surface area (Å²) in [5.74, 6) is 2.44. The molecule has 7 heteroatoms. The largest absolute Gasteiger partial charge is 0.491 e. The van der Waals surface area contributed by atoms with Crippen LogP contribution in [0.1, 0.15) is 32.8 Å². The lowest BCUT2D eigenvalue weighted by atomic mass is 9.86. The second-order valence-corrected chi connectivity index (χ2v) is 8.24. The van der Waals surface area contributed by atoms with Crippen LogP contribution in [0.15, 0.2) is 29.3 Å². The van der Waals surface area contributed by atoms with Crippen LogP contribution < -0.4 is 10.1 Å². The van der Waals surface area contributed by atoms with Crippen LogP contribution in [0.4, 0.5) is 0 Å². The number of ether oxygens (including phenoxy) is 3. The van der Waals surface area contributed by atoms with E-state index in [1.807, 2.05) is 19.2 Å². The highest BCUT2D eigenvalue weighted by Gasteiger charge is 2.25. The van der Waals surface area contributed by atoms with E-state index in [9.17, 15) is 0 Å². The minimum absolute atomic E-state index is 0. The van der Waals surface area contributed by atoms with Crippen LogP contribution in [0.2, 0.25) is 0 Å². The van der Waals surface area contributed by atoms with Gasteiger partial charge < -0.3 is 24.4 Å². The summed E-state index contributed by atoms with van der Waals surface area (Å²) in [7, 11) is 3.53. The molecule has 1 aromatic carbocycles. The number of guanidine groups is 1. The summed E-state index contributed by atoms with van der Waals surface area (Å²) in [4.78, 5) is 6.73. The topological polar surface area (TPSA) is 55.3 Å². The smallest absolute Gasteiger partial charge is 0.193 e. The highest BCUT2D eigenvalue weighted by Crippen LogP contribution is 2.30. The molecule has 2 rings (SSSR count).